The molecule has 1 fully saturated rings. The molecule has 1 aliphatic rings. The second-order valence-corrected chi connectivity index (χ2v) is 6.42. The van der Waals surface area contributed by atoms with E-state index in [1.807, 2.05) is 30.5 Å². The number of halogens is 2. The first-order chi connectivity index (χ1) is 12.7. The highest BCUT2D eigenvalue weighted by Crippen LogP contribution is 2.13. The van der Waals surface area contributed by atoms with Crippen LogP contribution in [0.3, 0.4) is 0 Å². The van der Waals surface area contributed by atoms with Gasteiger partial charge in [0.2, 0.25) is 0 Å². The van der Waals surface area contributed by atoms with Gasteiger partial charge in [0.1, 0.15) is 11.6 Å². The van der Waals surface area contributed by atoms with Crippen LogP contribution >= 0.6 is 24.0 Å². The maximum absolute atomic E-state index is 13.7. The molecule has 0 bridgehead atoms. The van der Waals surface area contributed by atoms with Crippen molar-refractivity contribution < 1.29 is 4.39 Å². The summed E-state index contributed by atoms with van der Waals surface area (Å²) in [7, 11) is 0. The van der Waals surface area contributed by atoms with E-state index in [1.54, 1.807) is 19.1 Å². The smallest absolute Gasteiger partial charge is 0.194 e. The lowest BCUT2D eigenvalue weighted by Crippen LogP contribution is -2.52. The number of guanidine groups is 1. The van der Waals surface area contributed by atoms with Crippen LogP contribution in [0.5, 0.6) is 0 Å². The summed E-state index contributed by atoms with van der Waals surface area (Å²) in [5, 5.41) is 3.35. The van der Waals surface area contributed by atoms with Gasteiger partial charge < -0.3 is 15.1 Å². The Morgan fingerprint density at radius 3 is 2.59 bits per heavy atom. The molecule has 1 aromatic carbocycles. The number of piperazine rings is 1. The third kappa shape index (κ3) is 5.79. The quantitative estimate of drug-likeness (QED) is 0.411. The Labute approximate surface area is 177 Å². The summed E-state index contributed by atoms with van der Waals surface area (Å²) < 4.78 is 13.7. The van der Waals surface area contributed by atoms with Crippen molar-refractivity contribution in [2.45, 2.75) is 20.4 Å². The maximum atomic E-state index is 13.7. The Kier molecular flexibility index (Phi) is 8.27. The molecule has 1 aliphatic heterocycles. The zero-order chi connectivity index (χ0) is 18.4. The Hall–Kier alpha value is -1.90. The number of anilines is 1. The van der Waals surface area contributed by atoms with Gasteiger partial charge in [0.15, 0.2) is 5.96 Å². The first kappa shape index (κ1) is 21.4. The SMILES string of the molecule is CCNC(=NCc1ccc(C)c(F)c1)N1CCN(c2ccccn2)CC1.I. The zero-order valence-corrected chi connectivity index (χ0v) is 18.2. The summed E-state index contributed by atoms with van der Waals surface area (Å²) in [5.74, 6) is 1.73. The largest absolute Gasteiger partial charge is 0.357 e. The molecule has 2 heterocycles. The van der Waals surface area contributed by atoms with Crippen LogP contribution in [0, 0.1) is 12.7 Å². The Balaban J connectivity index is 0.00000261. The number of aryl methyl sites for hydroxylation is 1. The third-order valence-corrected chi connectivity index (χ3v) is 4.54. The molecule has 2 aromatic rings. The van der Waals surface area contributed by atoms with E-state index < -0.39 is 0 Å². The van der Waals surface area contributed by atoms with E-state index >= 15 is 0 Å². The molecule has 0 radical (unpaired) electrons. The number of hydrogen-bond donors (Lipinski definition) is 1. The summed E-state index contributed by atoms with van der Waals surface area (Å²) in [6.07, 6.45) is 1.83. The van der Waals surface area contributed by atoms with E-state index in [4.69, 9.17) is 4.99 Å². The number of hydrogen-bond acceptors (Lipinski definition) is 3. The topological polar surface area (TPSA) is 43.8 Å². The molecule has 0 atom stereocenters. The van der Waals surface area contributed by atoms with Crippen LogP contribution < -0.4 is 10.2 Å². The van der Waals surface area contributed by atoms with Gasteiger partial charge in [-0.3, -0.25) is 0 Å². The second-order valence-electron chi connectivity index (χ2n) is 6.42. The summed E-state index contributed by atoms with van der Waals surface area (Å²) in [6, 6.07) is 11.3. The van der Waals surface area contributed by atoms with Gasteiger partial charge in [-0.1, -0.05) is 18.2 Å². The molecule has 146 valence electrons. The van der Waals surface area contributed by atoms with E-state index in [0.717, 1.165) is 50.1 Å². The van der Waals surface area contributed by atoms with Crippen molar-refractivity contribution in [3.05, 3.63) is 59.5 Å². The van der Waals surface area contributed by atoms with Crippen molar-refractivity contribution in [2.75, 3.05) is 37.6 Å². The van der Waals surface area contributed by atoms with Crippen molar-refractivity contribution in [2.24, 2.45) is 4.99 Å². The van der Waals surface area contributed by atoms with Crippen LogP contribution in [0.2, 0.25) is 0 Å². The van der Waals surface area contributed by atoms with Gasteiger partial charge in [0.05, 0.1) is 6.54 Å². The average Bonchev–Trinajstić information content (AvgIpc) is 2.68. The fraction of sp³-hybridized carbons (Fsp3) is 0.400. The molecular formula is C20H27FIN5. The molecule has 0 saturated carbocycles. The summed E-state index contributed by atoms with van der Waals surface area (Å²) in [6.45, 7) is 8.68. The average molecular weight is 483 g/mol. The fourth-order valence-electron chi connectivity index (χ4n) is 3.01. The number of benzene rings is 1. The first-order valence-corrected chi connectivity index (χ1v) is 9.11. The van der Waals surface area contributed by atoms with E-state index in [-0.39, 0.29) is 29.8 Å². The van der Waals surface area contributed by atoms with Crippen LogP contribution in [0.1, 0.15) is 18.1 Å². The summed E-state index contributed by atoms with van der Waals surface area (Å²) >= 11 is 0. The molecule has 5 nitrogen and oxygen atoms in total. The number of pyridine rings is 1. The molecule has 7 heteroatoms. The summed E-state index contributed by atoms with van der Waals surface area (Å²) in [4.78, 5) is 13.7. The highest BCUT2D eigenvalue weighted by molar-refractivity contribution is 14.0. The Morgan fingerprint density at radius 2 is 1.96 bits per heavy atom. The molecule has 1 aromatic heterocycles. The molecule has 27 heavy (non-hydrogen) atoms. The van der Waals surface area contributed by atoms with Gasteiger partial charge in [-0.05, 0) is 43.2 Å². The molecule has 0 amide bonds. The standard InChI is InChI=1S/C20H26FN5.HI/c1-3-22-20(24-15-17-8-7-16(2)18(21)14-17)26-12-10-25(11-13-26)19-6-4-5-9-23-19;/h4-9,14H,3,10-13,15H2,1-2H3,(H,22,24);1H. The normalized spacial score (nSPS) is 14.7. The van der Waals surface area contributed by atoms with E-state index in [0.29, 0.717) is 12.1 Å². The van der Waals surface area contributed by atoms with Crippen LogP contribution in [0.15, 0.2) is 47.6 Å². The predicted octanol–water partition coefficient (Wildman–Crippen LogP) is 3.43. The Morgan fingerprint density at radius 1 is 1.19 bits per heavy atom. The second kappa shape index (κ2) is 10.4. The van der Waals surface area contributed by atoms with Crippen molar-refractivity contribution >= 4 is 35.8 Å². The van der Waals surface area contributed by atoms with Crippen LogP contribution in [-0.2, 0) is 6.54 Å². The van der Waals surface area contributed by atoms with Crippen molar-refractivity contribution in [3.63, 3.8) is 0 Å². The van der Waals surface area contributed by atoms with Crippen molar-refractivity contribution in [1.29, 1.82) is 0 Å². The molecular weight excluding hydrogens is 456 g/mol. The first-order valence-electron chi connectivity index (χ1n) is 9.11. The van der Waals surface area contributed by atoms with Gasteiger partial charge in [-0.15, -0.1) is 24.0 Å². The number of rotatable bonds is 4. The Bertz CT molecular complexity index is 745. The molecule has 0 aliphatic carbocycles. The number of nitrogens with zero attached hydrogens (tertiary/aromatic N) is 4. The fourth-order valence-corrected chi connectivity index (χ4v) is 3.01. The molecule has 1 saturated heterocycles. The van der Waals surface area contributed by atoms with Gasteiger partial charge in [0, 0.05) is 38.9 Å². The van der Waals surface area contributed by atoms with Crippen LogP contribution in [0.4, 0.5) is 10.2 Å². The van der Waals surface area contributed by atoms with Gasteiger partial charge >= 0.3 is 0 Å². The molecule has 0 spiro atoms. The van der Waals surface area contributed by atoms with E-state index in [9.17, 15) is 4.39 Å². The van der Waals surface area contributed by atoms with Gasteiger partial charge in [0.25, 0.3) is 0 Å². The highest BCUT2D eigenvalue weighted by Gasteiger charge is 2.20. The number of nitrogens with one attached hydrogen (secondary N) is 1. The van der Waals surface area contributed by atoms with Crippen molar-refractivity contribution in [3.8, 4) is 0 Å². The van der Waals surface area contributed by atoms with Crippen molar-refractivity contribution in [1.82, 2.24) is 15.2 Å². The predicted molar refractivity (Wildman–Crippen MR) is 119 cm³/mol. The molecule has 0 unspecified atom stereocenters. The number of aliphatic imine (C=N–C) groups is 1. The minimum absolute atomic E-state index is 0. The lowest BCUT2D eigenvalue weighted by Gasteiger charge is -2.37. The lowest BCUT2D eigenvalue weighted by atomic mass is 10.1. The lowest BCUT2D eigenvalue weighted by molar-refractivity contribution is 0.371. The zero-order valence-electron chi connectivity index (χ0n) is 15.9. The number of aromatic nitrogens is 1. The van der Waals surface area contributed by atoms with Crippen LogP contribution in [-0.4, -0.2) is 48.6 Å². The van der Waals surface area contributed by atoms with Gasteiger partial charge in [-0.25, -0.2) is 14.4 Å². The third-order valence-electron chi connectivity index (χ3n) is 4.54. The van der Waals surface area contributed by atoms with E-state index in [2.05, 4.69) is 27.0 Å². The monoisotopic (exact) mass is 483 g/mol. The maximum Gasteiger partial charge on any atom is 0.194 e. The van der Waals surface area contributed by atoms with Crippen LogP contribution in [0.25, 0.3) is 0 Å². The van der Waals surface area contributed by atoms with Gasteiger partial charge in [-0.2, -0.15) is 0 Å². The van der Waals surface area contributed by atoms with E-state index in [1.165, 1.54) is 0 Å². The minimum Gasteiger partial charge on any atom is -0.357 e. The molecule has 3 rings (SSSR count). The molecule has 1 N–H and O–H groups in total. The highest BCUT2D eigenvalue weighted by atomic mass is 127. The minimum atomic E-state index is -0.174. The summed E-state index contributed by atoms with van der Waals surface area (Å²) in [5.41, 5.74) is 1.55.